The van der Waals surface area contributed by atoms with Crippen molar-refractivity contribution < 1.29 is 8.42 Å². The number of aryl methyl sites for hydroxylation is 1. The van der Waals surface area contributed by atoms with Crippen LogP contribution in [0.2, 0.25) is 5.02 Å². The van der Waals surface area contributed by atoms with E-state index in [2.05, 4.69) is 14.8 Å². The van der Waals surface area contributed by atoms with Crippen molar-refractivity contribution in [3.63, 3.8) is 0 Å². The highest BCUT2D eigenvalue weighted by Crippen LogP contribution is 2.32. The van der Waals surface area contributed by atoms with Gasteiger partial charge < -0.3 is 0 Å². The Bertz CT molecular complexity index is 980. The number of benzene rings is 1. The summed E-state index contributed by atoms with van der Waals surface area (Å²) in [7, 11) is -3.61. The molecule has 3 aromatic rings. The normalized spacial score (nSPS) is 18.2. The summed E-state index contributed by atoms with van der Waals surface area (Å²) >= 11 is 7.20. The molecule has 1 aromatic carbocycles. The van der Waals surface area contributed by atoms with E-state index in [1.807, 2.05) is 6.07 Å². The van der Waals surface area contributed by atoms with Gasteiger partial charge in [0.1, 0.15) is 16.4 Å². The molecule has 0 amide bonds. The number of rotatable bonds is 3. The van der Waals surface area contributed by atoms with Crippen LogP contribution in [-0.2, 0) is 16.6 Å². The number of thiophene rings is 1. The van der Waals surface area contributed by atoms with E-state index in [0.29, 0.717) is 17.3 Å². The minimum atomic E-state index is -3.61. The Morgan fingerprint density at radius 3 is 3.09 bits per heavy atom. The zero-order valence-electron chi connectivity index (χ0n) is 11.9. The molecule has 23 heavy (non-hydrogen) atoms. The molecular weight excluding hydrogens is 356 g/mol. The van der Waals surface area contributed by atoms with Gasteiger partial charge in [0.05, 0.1) is 6.04 Å². The topological polar surface area (TPSA) is 76.9 Å². The van der Waals surface area contributed by atoms with Crippen LogP contribution in [0, 0.1) is 0 Å². The molecule has 2 aromatic heterocycles. The maximum Gasteiger partial charge on any atom is 0.250 e. The van der Waals surface area contributed by atoms with Crippen LogP contribution in [0.25, 0.3) is 10.1 Å². The van der Waals surface area contributed by atoms with E-state index in [4.69, 9.17) is 11.6 Å². The summed E-state index contributed by atoms with van der Waals surface area (Å²) in [6.07, 6.45) is 3.05. The van der Waals surface area contributed by atoms with Gasteiger partial charge in [0.2, 0.25) is 0 Å². The molecular formula is C14H13ClN4O2S2. The van der Waals surface area contributed by atoms with Gasteiger partial charge in [0.25, 0.3) is 10.0 Å². The number of aromatic nitrogens is 3. The molecule has 1 unspecified atom stereocenters. The molecule has 0 fully saturated rings. The van der Waals surface area contributed by atoms with Crippen molar-refractivity contribution in [2.75, 3.05) is 0 Å². The summed E-state index contributed by atoms with van der Waals surface area (Å²) < 4.78 is 31.1. The monoisotopic (exact) mass is 368 g/mol. The highest BCUT2D eigenvalue weighted by atomic mass is 35.5. The maximum atomic E-state index is 12.7. The molecule has 1 aliphatic rings. The van der Waals surface area contributed by atoms with Crippen LogP contribution in [0.4, 0.5) is 0 Å². The summed E-state index contributed by atoms with van der Waals surface area (Å²) in [5.74, 6) is 0.670. The third-order valence-corrected chi connectivity index (χ3v) is 7.13. The summed E-state index contributed by atoms with van der Waals surface area (Å²) in [6.45, 7) is 0.773. The Morgan fingerprint density at radius 1 is 1.35 bits per heavy atom. The second-order valence-corrected chi connectivity index (χ2v) is 8.87. The molecule has 0 saturated heterocycles. The molecule has 0 spiro atoms. The lowest BCUT2D eigenvalue weighted by Crippen LogP contribution is -2.33. The lowest BCUT2D eigenvalue weighted by Gasteiger charge is -2.22. The van der Waals surface area contributed by atoms with Gasteiger partial charge in [-0.25, -0.2) is 18.1 Å². The molecule has 4 rings (SSSR count). The van der Waals surface area contributed by atoms with Crippen LogP contribution in [0.15, 0.2) is 34.8 Å². The van der Waals surface area contributed by atoms with E-state index in [1.165, 1.54) is 17.7 Å². The molecule has 0 radical (unpaired) electrons. The first-order chi connectivity index (χ1) is 11.0. The second kappa shape index (κ2) is 5.55. The van der Waals surface area contributed by atoms with Crippen LogP contribution < -0.4 is 4.72 Å². The van der Waals surface area contributed by atoms with Gasteiger partial charge in [0.15, 0.2) is 0 Å². The van der Waals surface area contributed by atoms with Crippen LogP contribution in [0.3, 0.4) is 0 Å². The third-order valence-electron chi connectivity index (χ3n) is 3.84. The third kappa shape index (κ3) is 2.76. The van der Waals surface area contributed by atoms with E-state index < -0.39 is 10.0 Å². The van der Waals surface area contributed by atoms with Gasteiger partial charge in [-0.3, -0.25) is 0 Å². The smallest absolute Gasteiger partial charge is 0.248 e. The van der Waals surface area contributed by atoms with Crippen molar-refractivity contribution >= 4 is 43.0 Å². The summed E-state index contributed by atoms with van der Waals surface area (Å²) in [4.78, 5) is 4.18. The Balaban J connectivity index is 1.68. The number of halogens is 1. The van der Waals surface area contributed by atoms with Crippen molar-refractivity contribution in [1.82, 2.24) is 19.5 Å². The zero-order valence-corrected chi connectivity index (χ0v) is 14.3. The van der Waals surface area contributed by atoms with Crippen LogP contribution in [0.5, 0.6) is 0 Å². The fraction of sp³-hybridized carbons (Fsp3) is 0.286. The first-order valence-electron chi connectivity index (χ1n) is 7.12. The Hall–Kier alpha value is -1.48. The molecule has 0 aliphatic carbocycles. The fourth-order valence-corrected chi connectivity index (χ4v) is 5.57. The van der Waals surface area contributed by atoms with E-state index in [1.54, 1.807) is 22.9 Å². The first kappa shape index (κ1) is 15.1. The molecule has 1 N–H and O–H groups in total. The second-order valence-electron chi connectivity index (χ2n) is 5.41. The number of fused-ring (bicyclic) bond motifs is 2. The summed E-state index contributed by atoms with van der Waals surface area (Å²) in [5, 5.41) is 5.53. The number of hydrogen-bond acceptors (Lipinski definition) is 5. The Morgan fingerprint density at radius 2 is 2.22 bits per heavy atom. The van der Waals surface area contributed by atoms with Crippen LogP contribution in [-0.4, -0.2) is 23.2 Å². The average Bonchev–Trinajstić information content (AvgIpc) is 3.13. The van der Waals surface area contributed by atoms with Gasteiger partial charge in [0, 0.05) is 16.3 Å². The highest BCUT2D eigenvalue weighted by molar-refractivity contribution is 7.91. The quantitative estimate of drug-likeness (QED) is 0.771. The van der Waals surface area contributed by atoms with E-state index in [9.17, 15) is 8.42 Å². The molecule has 0 bridgehead atoms. The molecule has 1 aliphatic heterocycles. The number of sulfonamides is 1. The Kier molecular flexibility index (Phi) is 3.64. The highest BCUT2D eigenvalue weighted by Gasteiger charge is 2.28. The maximum absolute atomic E-state index is 12.7. The van der Waals surface area contributed by atoms with Crippen LogP contribution in [0.1, 0.15) is 24.7 Å². The standard InChI is InChI=1S/C14H13ClN4O2S2/c15-10-3-4-12-9(6-10)7-13(22-12)23(20,21)18-11-2-1-5-19-14(11)16-8-17-19/h3-4,6-8,11,18H,1-2,5H2. The largest absolute Gasteiger partial charge is 0.250 e. The molecule has 120 valence electrons. The molecule has 1 atom stereocenters. The lowest BCUT2D eigenvalue weighted by atomic mass is 10.1. The van der Waals surface area contributed by atoms with Crippen molar-refractivity contribution in [3.05, 3.63) is 41.4 Å². The SMILES string of the molecule is O=S(=O)(NC1CCCn2ncnc21)c1cc2cc(Cl)ccc2s1. The minimum Gasteiger partial charge on any atom is -0.248 e. The van der Waals surface area contributed by atoms with Crippen molar-refractivity contribution in [2.24, 2.45) is 0 Å². The predicted molar refractivity (Wildman–Crippen MR) is 89.2 cm³/mol. The van der Waals surface area contributed by atoms with Crippen molar-refractivity contribution in [3.8, 4) is 0 Å². The van der Waals surface area contributed by atoms with Gasteiger partial charge in [-0.05, 0) is 42.5 Å². The van der Waals surface area contributed by atoms with Gasteiger partial charge in [-0.2, -0.15) is 9.82 Å². The molecule has 6 nitrogen and oxygen atoms in total. The summed E-state index contributed by atoms with van der Waals surface area (Å²) in [6, 6.07) is 6.67. The average molecular weight is 369 g/mol. The molecule has 0 saturated carbocycles. The van der Waals surface area contributed by atoms with Gasteiger partial charge in [-0.1, -0.05) is 11.6 Å². The van der Waals surface area contributed by atoms with E-state index in [0.717, 1.165) is 23.1 Å². The zero-order chi connectivity index (χ0) is 16.0. The van der Waals surface area contributed by atoms with Gasteiger partial charge in [-0.15, -0.1) is 11.3 Å². The minimum absolute atomic E-state index is 0.284. The van der Waals surface area contributed by atoms with Crippen molar-refractivity contribution in [2.45, 2.75) is 29.6 Å². The van der Waals surface area contributed by atoms with E-state index >= 15 is 0 Å². The molecule has 9 heteroatoms. The lowest BCUT2D eigenvalue weighted by molar-refractivity contribution is 0.400. The number of nitrogens with one attached hydrogen (secondary N) is 1. The number of hydrogen-bond donors (Lipinski definition) is 1. The predicted octanol–water partition coefficient (Wildman–Crippen LogP) is 2.96. The van der Waals surface area contributed by atoms with Crippen molar-refractivity contribution in [1.29, 1.82) is 0 Å². The number of nitrogens with zero attached hydrogens (tertiary/aromatic N) is 3. The first-order valence-corrected chi connectivity index (χ1v) is 9.80. The van der Waals surface area contributed by atoms with E-state index in [-0.39, 0.29) is 10.3 Å². The molecule has 3 heterocycles. The van der Waals surface area contributed by atoms with Crippen LogP contribution >= 0.6 is 22.9 Å². The Labute approximate surface area is 142 Å². The fourth-order valence-electron chi connectivity index (χ4n) is 2.77. The summed E-state index contributed by atoms with van der Waals surface area (Å²) in [5.41, 5.74) is 0. The van der Waals surface area contributed by atoms with Gasteiger partial charge >= 0.3 is 0 Å².